The number of carbonyl (C=O) groups excluding carboxylic acids is 2. The highest BCUT2D eigenvalue weighted by Gasteiger charge is 2.46. The number of amides is 2. The Balaban J connectivity index is 1.08. The van der Waals surface area contributed by atoms with E-state index in [-0.39, 0.29) is 11.8 Å². The van der Waals surface area contributed by atoms with Gasteiger partial charge in [0.2, 0.25) is 5.91 Å². The van der Waals surface area contributed by atoms with Crippen molar-refractivity contribution in [3.8, 4) is 11.4 Å². The number of piperidine rings is 2. The fraction of sp³-hybridized carbons (Fsp3) is 0.436. The number of ether oxygens (including phenoxy) is 1. The van der Waals surface area contributed by atoms with Crippen molar-refractivity contribution in [3.63, 3.8) is 0 Å². The van der Waals surface area contributed by atoms with E-state index >= 15 is 0 Å². The van der Waals surface area contributed by atoms with Gasteiger partial charge in [-0.1, -0.05) is 59.6 Å². The van der Waals surface area contributed by atoms with Crippen molar-refractivity contribution in [2.24, 2.45) is 5.92 Å². The van der Waals surface area contributed by atoms with Gasteiger partial charge >= 0.3 is 5.97 Å². The standard InChI is InChI=1S/C39H44Cl2N8O5/c1-54-34-12-10-30(49-26-42-44-45-49)23-31(34)35(50)47-21-14-38(25-47,29-9-11-32(40)33(41)22-29)13-18-46-19-15-39(16-20-46,28-7-3-2-4-8-28)37(53)43-48-17-5-6-27(24-48)36(51)52/h2-4,7-12,22-23,26-27H,5-6,13-21,24-25H2,1H3,(H,43,53)(H,51,52). The molecule has 3 fully saturated rings. The molecular formula is C39H44Cl2N8O5. The molecule has 3 aromatic carbocycles. The second kappa shape index (κ2) is 16.0. The van der Waals surface area contributed by atoms with Gasteiger partial charge in [0, 0.05) is 31.6 Å². The number of carboxylic acids is 1. The van der Waals surface area contributed by atoms with E-state index in [1.54, 1.807) is 30.3 Å². The van der Waals surface area contributed by atoms with Crippen molar-refractivity contribution in [2.75, 3.05) is 52.9 Å². The Morgan fingerprint density at radius 2 is 1.74 bits per heavy atom. The van der Waals surface area contributed by atoms with Crippen LogP contribution in [0.15, 0.2) is 73.1 Å². The van der Waals surface area contributed by atoms with Gasteiger partial charge in [-0.25, -0.2) is 9.69 Å². The van der Waals surface area contributed by atoms with E-state index in [1.165, 1.54) is 11.0 Å². The lowest BCUT2D eigenvalue weighted by Gasteiger charge is -2.43. The number of rotatable bonds is 11. The first kappa shape index (κ1) is 37.7. The van der Waals surface area contributed by atoms with E-state index in [4.69, 9.17) is 27.9 Å². The number of benzene rings is 3. The molecule has 2 amide bonds. The van der Waals surface area contributed by atoms with Crippen LogP contribution in [0.25, 0.3) is 5.69 Å². The lowest BCUT2D eigenvalue weighted by molar-refractivity contribution is -0.146. The Labute approximate surface area is 324 Å². The second-order valence-electron chi connectivity index (χ2n) is 14.6. The lowest BCUT2D eigenvalue weighted by Crippen LogP contribution is -2.57. The Morgan fingerprint density at radius 3 is 2.44 bits per heavy atom. The van der Waals surface area contributed by atoms with Crippen molar-refractivity contribution >= 4 is 41.0 Å². The molecule has 3 aliphatic heterocycles. The van der Waals surface area contributed by atoms with E-state index < -0.39 is 22.7 Å². The summed E-state index contributed by atoms with van der Waals surface area (Å²) in [6, 6.07) is 21.0. The number of hydrogen-bond acceptors (Lipinski definition) is 9. The van der Waals surface area contributed by atoms with E-state index in [2.05, 4.69) is 25.9 Å². The molecule has 2 unspecified atom stereocenters. The van der Waals surface area contributed by atoms with Gasteiger partial charge in [-0.2, -0.15) is 0 Å². The predicted molar refractivity (Wildman–Crippen MR) is 203 cm³/mol. The molecular weight excluding hydrogens is 731 g/mol. The number of tetrazole rings is 1. The zero-order chi connectivity index (χ0) is 37.9. The Morgan fingerprint density at radius 1 is 0.944 bits per heavy atom. The van der Waals surface area contributed by atoms with Crippen LogP contribution in [-0.2, 0) is 20.4 Å². The summed E-state index contributed by atoms with van der Waals surface area (Å²) in [6.07, 6.45) is 5.51. The maximum Gasteiger partial charge on any atom is 0.307 e. The topological polar surface area (TPSA) is 146 Å². The molecule has 4 heterocycles. The van der Waals surface area contributed by atoms with E-state index in [0.29, 0.717) is 92.0 Å². The number of nitrogens with one attached hydrogen (secondary N) is 1. The van der Waals surface area contributed by atoms with Crippen molar-refractivity contribution in [2.45, 2.75) is 49.4 Å². The SMILES string of the molecule is COc1ccc(-n2cnnn2)cc1C(=O)N1CCC(CCN2CCC(C(=O)NN3CCCC(C(=O)O)C3)(c3ccccc3)CC2)(c2ccc(Cl)c(Cl)c2)C1. The largest absolute Gasteiger partial charge is 0.496 e. The van der Waals surface area contributed by atoms with Crippen LogP contribution >= 0.6 is 23.2 Å². The summed E-state index contributed by atoms with van der Waals surface area (Å²) in [5.41, 5.74) is 5.03. The van der Waals surface area contributed by atoms with E-state index in [1.807, 2.05) is 53.4 Å². The monoisotopic (exact) mass is 774 g/mol. The molecule has 3 saturated heterocycles. The number of methoxy groups -OCH3 is 1. The average Bonchev–Trinajstić information content (AvgIpc) is 3.90. The van der Waals surface area contributed by atoms with E-state index in [9.17, 15) is 19.5 Å². The minimum atomic E-state index is -0.830. The number of halogens is 2. The summed E-state index contributed by atoms with van der Waals surface area (Å²) in [5, 5.41) is 23.8. The third-order valence-electron chi connectivity index (χ3n) is 11.6. The smallest absolute Gasteiger partial charge is 0.307 e. The minimum Gasteiger partial charge on any atom is -0.496 e. The molecule has 0 saturated carbocycles. The molecule has 3 aliphatic rings. The van der Waals surface area contributed by atoms with Crippen LogP contribution in [0.1, 0.15) is 60.0 Å². The number of aliphatic carboxylic acids is 1. The number of likely N-dealkylation sites (tertiary alicyclic amines) is 2. The molecule has 13 nitrogen and oxygen atoms in total. The zero-order valence-electron chi connectivity index (χ0n) is 30.2. The van der Waals surface area contributed by atoms with Crippen LogP contribution in [0.5, 0.6) is 5.75 Å². The number of aromatic nitrogens is 4. The first-order valence-electron chi connectivity index (χ1n) is 18.3. The minimum absolute atomic E-state index is 0.0869. The second-order valence-corrected chi connectivity index (χ2v) is 15.4. The highest BCUT2D eigenvalue weighted by atomic mass is 35.5. The molecule has 2 N–H and O–H groups in total. The third-order valence-corrected chi connectivity index (χ3v) is 12.3. The van der Waals surface area contributed by atoms with Crippen LogP contribution in [0.2, 0.25) is 10.0 Å². The first-order valence-corrected chi connectivity index (χ1v) is 19.1. The van der Waals surface area contributed by atoms with Gasteiger partial charge < -0.3 is 19.6 Å². The summed E-state index contributed by atoms with van der Waals surface area (Å²) in [6.45, 7) is 4.07. The zero-order valence-corrected chi connectivity index (χ0v) is 31.7. The molecule has 15 heteroatoms. The molecule has 2 atom stereocenters. The molecule has 4 aromatic rings. The van der Waals surface area contributed by atoms with Crippen molar-refractivity contribution in [1.29, 1.82) is 0 Å². The maximum atomic E-state index is 14.2. The summed E-state index contributed by atoms with van der Waals surface area (Å²) in [5.74, 6) is -1.10. The average molecular weight is 776 g/mol. The van der Waals surface area contributed by atoms with Crippen LogP contribution in [-0.4, -0.2) is 111 Å². The predicted octanol–water partition coefficient (Wildman–Crippen LogP) is 5.01. The highest BCUT2D eigenvalue weighted by molar-refractivity contribution is 6.42. The van der Waals surface area contributed by atoms with Crippen molar-refractivity contribution in [3.05, 3.63) is 99.8 Å². The maximum absolute atomic E-state index is 14.2. The highest BCUT2D eigenvalue weighted by Crippen LogP contribution is 2.42. The molecule has 7 rings (SSSR count). The first-order chi connectivity index (χ1) is 26.1. The molecule has 54 heavy (non-hydrogen) atoms. The number of carbonyl (C=O) groups is 3. The van der Waals surface area contributed by atoms with Crippen molar-refractivity contribution in [1.82, 2.24) is 40.4 Å². The van der Waals surface area contributed by atoms with Crippen molar-refractivity contribution < 1.29 is 24.2 Å². The van der Waals surface area contributed by atoms with Gasteiger partial charge in [0.1, 0.15) is 12.1 Å². The Kier molecular flexibility index (Phi) is 11.2. The van der Waals surface area contributed by atoms with Crippen LogP contribution in [0, 0.1) is 5.92 Å². The Bertz CT molecular complexity index is 1970. The number of hydrogen-bond donors (Lipinski definition) is 2. The Hall–Kier alpha value is -4.56. The normalized spacial score (nSPS) is 21.8. The van der Waals surface area contributed by atoms with Gasteiger partial charge in [0.05, 0.1) is 39.7 Å². The third kappa shape index (κ3) is 7.68. The van der Waals surface area contributed by atoms with Crippen LogP contribution in [0.4, 0.5) is 0 Å². The molecule has 1 aromatic heterocycles. The fourth-order valence-corrected chi connectivity index (χ4v) is 8.67. The molecule has 0 radical (unpaired) electrons. The van der Waals surface area contributed by atoms with Gasteiger partial charge in [0.15, 0.2) is 0 Å². The van der Waals surface area contributed by atoms with Crippen LogP contribution < -0.4 is 10.2 Å². The summed E-state index contributed by atoms with van der Waals surface area (Å²) in [7, 11) is 1.55. The molecule has 284 valence electrons. The van der Waals surface area contributed by atoms with Gasteiger partial charge in [0.25, 0.3) is 5.91 Å². The molecule has 0 aliphatic carbocycles. The molecule has 0 bridgehead atoms. The van der Waals surface area contributed by atoms with Crippen LogP contribution in [0.3, 0.4) is 0 Å². The van der Waals surface area contributed by atoms with Gasteiger partial charge in [-0.3, -0.25) is 19.8 Å². The molecule has 0 spiro atoms. The number of carboxylic acid groups (broad SMARTS) is 1. The fourth-order valence-electron chi connectivity index (χ4n) is 8.38. The van der Waals surface area contributed by atoms with E-state index in [0.717, 1.165) is 30.5 Å². The van der Waals surface area contributed by atoms with Gasteiger partial charge in [-0.05, 0) is 110 Å². The number of nitrogens with zero attached hydrogens (tertiary/aromatic N) is 7. The quantitative estimate of drug-likeness (QED) is 0.213. The number of hydrazine groups is 1. The van der Waals surface area contributed by atoms with Gasteiger partial charge in [-0.15, -0.1) is 5.10 Å². The summed E-state index contributed by atoms with van der Waals surface area (Å²) in [4.78, 5) is 44.4. The summed E-state index contributed by atoms with van der Waals surface area (Å²) < 4.78 is 7.11. The lowest BCUT2D eigenvalue weighted by atomic mass is 9.71. The summed E-state index contributed by atoms with van der Waals surface area (Å²) >= 11 is 13.0.